The van der Waals surface area contributed by atoms with Gasteiger partial charge in [-0.1, -0.05) is 6.92 Å². The van der Waals surface area contributed by atoms with Gasteiger partial charge in [0.2, 0.25) is 0 Å². The van der Waals surface area contributed by atoms with Crippen molar-refractivity contribution in [1.82, 2.24) is 14.0 Å². The van der Waals surface area contributed by atoms with Crippen molar-refractivity contribution in [2.45, 2.75) is 26.7 Å². The van der Waals surface area contributed by atoms with E-state index in [-0.39, 0.29) is 0 Å². The SMILES string of the molecule is CCc1nc(CCNS(=O)(=O)N2CCOCC2)sc1C. The quantitative estimate of drug-likeness (QED) is 0.839. The van der Waals surface area contributed by atoms with Crippen LogP contribution in [0.4, 0.5) is 0 Å². The van der Waals surface area contributed by atoms with Crippen LogP contribution in [0.15, 0.2) is 0 Å². The second kappa shape index (κ2) is 6.95. The van der Waals surface area contributed by atoms with Crippen LogP contribution in [-0.4, -0.2) is 50.6 Å². The van der Waals surface area contributed by atoms with Crippen molar-refractivity contribution in [1.29, 1.82) is 0 Å². The fourth-order valence-electron chi connectivity index (χ4n) is 2.09. The van der Waals surface area contributed by atoms with Gasteiger partial charge in [0, 0.05) is 30.9 Å². The van der Waals surface area contributed by atoms with E-state index in [0.29, 0.717) is 39.3 Å². The molecule has 1 saturated heterocycles. The van der Waals surface area contributed by atoms with E-state index in [1.807, 2.05) is 0 Å². The van der Waals surface area contributed by atoms with E-state index < -0.39 is 10.2 Å². The van der Waals surface area contributed by atoms with Crippen molar-refractivity contribution in [2.24, 2.45) is 0 Å². The summed E-state index contributed by atoms with van der Waals surface area (Å²) in [4.78, 5) is 5.73. The molecule has 0 radical (unpaired) electrons. The highest BCUT2D eigenvalue weighted by atomic mass is 32.2. The fourth-order valence-corrected chi connectivity index (χ4v) is 4.28. The number of nitrogens with one attached hydrogen (secondary N) is 1. The van der Waals surface area contributed by atoms with Crippen LogP contribution in [0.2, 0.25) is 0 Å². The van der Waals surface area contributed by atoms with Crippen molar-refractivity contribution in [3.63, 3.8) is 0 Å². The maximum Gasteiger partial charge on any atom is 0.279 e. The molecular formula is C12H21N3O3S2. The second-order valence-corrected chi connectivity index (χ2v) is 7.67. The third kappa shape index (κ3) is 3.98. The van der Waals surface area contributed by atoms with Crippen molar-refractivity contribution in [3.05, 3.63) is 15.6 Å². The lowest BCUT2D eigenvalue weighted by molar-refractivity contribution is 0.0725. The molecule has 2 rings (SSSR count). The summed E-state index contributed by atoms with van der Waals surface area (Å²) in [7, 11) is -3.38. The smallest absolute Gasteiger partial charge is 0.279 e. The molecule has 0 aromatic carbocycles. The molecule has 0 unspecified atom stereocenters. The van der Waals surface area contributed by atoms with Crippen LogP contribution in [0.1, 0.15) is 22.5 Å². The predicted octanol–water partition coefficient (Wildman–Crippen LogP) is 0.723. The predicted molar refractivity (Wildman–Crippen MR) is 79.2 cm³/mol. The molecule has 20 heavy (non-hydrogen) atoms. The Labute approximate surface area is 124 Å². The number of hydrogen-bond acceptors (Lipinski definition) is 5. The zero-order chi connectivity index (χ0) is 14.6. The molecule has 0 bridgehead atoms. The van der Waals surface area contributed by atoms with Gasteiger partial charge in [0.15, 0.2) is 0 Å². The third-order valence-corrected chi connectivity index (χ3v) is 5.89. The van der Waals surface area contributed by atoms with Gasteiger partial charge in [-0.15, -0.1) is 11.3 Å². The van der Waals surface area contributed by atoms with Crippen LogP contribution in [0.25, 0.3) is 0 Å². The Hall–Kier alpha value is -0.540. The van der Waals surface area contributed by atoms with E-state index in [0.717, 1.165) is 17.1 Å². The Kier molecular flexibility index (Phi) is 5.50. The maximum absolute atomic E-state index is 12.0. The van der Waals surface area contributed by atoms with E-state index in [4.69, 9.17) is 4.74 Å². The summed E-state index contributed by atoms with van der Waals surface area (Å²) in [5, 5.41) is 0.990. The van der Waals surface area contributed by atoms with Crippen molar-refractivity contribution >= 4 is 21.5 Å². The minimum absolute atomic E-state index is 0.385. The van der Waals surface area contributed by atoms with Crippen molar-refractivity contribution in [2.75, 3.05) is 32.8 Å². The van der Waals surface area contributed by atoms with Crippen LogP contribution >= 0.6 is 11.3 Å². The summed E-state index contributed by atoms with van der Waals surface area (Å²) in [6.07, 6.45) is 1.55. The summed E-state index contributed by atoms with van der Waals surface area (Å²) in [5.74, 6) is 0. The largest absolute Gasteiger partial charge is 0.379 e. The topological polar surface area (TPSA) is 71.5 Å². The number of aryl methyl sites for hydroxylation is 2. The van der Waals surface area contributed by atoms with Gasteiger partial charge in [0.1, 0.15) is 0 Å². The molecule has 0 atom stereocenters. The van der Waals surface area contributed by atoms with Gasteiger partial charge >= 0.3 is 0 Å². The van der Waals surface area contributed by atoms with Gasteiger partial charge in [0.25, 0.3) is 10.2 Å². The fraction of sp³-hybridized carbons (Fsp3) is 0.750. The standard InChI is InChI=1S/C12H21N3O3S2/c1-3-11-10(2)19-12(14-11)4-5-13-20(16,17)15-6-8-18-9-7-15/h13H,3-9H2,1-2H3. The lowest BCUT2D eigenvalue weighted by atomic mass is 10.3. The van der Waals surface area contributed by atoms with Gasteiger partial charge < -0.3 is 4.74 Å². The monoisotopic (exact) mass is 319 g/mol. The third-order valence-electron chi connectivity index (χ3n) is 3.21. The molecule has 1 aromatic heterocycles. The minimum Gasteiger partial charge on any atom is -0.379 e. The lowest BCUT2D eigenvalue weighted by Crippen LogP contribution is -2.47. The van der Waals surface area contributed by atoms with Gasteiger partial charge in [-0.2, -0.15) is 12.7 Å². The van der Waals surface area contributed by atoms with Crippen LogP contribution < -0.4 is 4.72 Å². The zero-order valence-corrected chi connectivity index (χ0v) is 13.5. The number of thiazole rings is 1. The molecule has 1 aliphatic rings. The molecule has 6 nitrogen and oxygen atoms in total. The van der Waals surface area contributed by atoms with Crippen LogP contribution in [-0.2, 0) is 27.8 Å². The summed E-state index contributed by atoms with van der Waals surface area (Å²) in [5.41, 5.74) is 1.11. The molecule has 0 spiro atoms. The highest BCUT2D eigenvalue weighted by molar-refractivity contribution is 7.87. The zero-order valence-electron chi connectivity index (χ0n) is 11.9. The molecule has 8 heteroatoms. The number of rotatable bonds is 6. The molecule has 1 fully saturated rings. The highest BCUT2D eigenvalue weighted by Crippen LogP contribution is 2.18. The summed E-state index contributed by atoms with van der Waals surface area (Å²) in [6.45, 7) is 6.29. The molecule has 1 aromatic rings. The van der Waals surface area contributed by atoms with E-state index >= 15 is 0 Å². The highest BCUT2D eigenvalue weighted by Gasteiger charge is 2.23. The minimum atomic E-state index is -3.38. The summed E-state index contributed by atoms with van der Waals surface area (Å²) < 4.78 is 33.3. The number of aromatic nitrogens is 1. The average molecular weight is 319 g/mol. The molecule has 1 N–H and O–H groups in total. The lowest BCUT2D eigenvalue weighted by Gasteiger charge is -2.25. The Morgan fingerprint density at radius 1 is 1.40 bits per heavy atom. The Morgan fingerprint density at radius 2 is 2.10 bits per heavy atom. The number of hydrogen-bond donors (Lipinski definition) is 1. The Bertz CT molecular complexity index is 536. The van der Waals surface area contributed by atoms with Crippen LogP contribution in [0.3, 0.4) is 0 Å². The first kappa shape index (κ1) is 15.8. The Balaban J connectivity index is 1.85. The Morgan fingerprint density at radius 3 is 2.70 bits per heavy atom. The van der Waals surface area contributed by atoms with E-state index in [1.54, 1.807) is 11.3 Å². The van der Waals surface area contributed by atoms with Crippen LogP contribution in [0, 0.1) is 6.92 Å². The van der Waals surface area contributed by atoms with Gasteiger partial charge in [-0.05, 0) is 13.3 Å². The first-order chi connectivity index (χ1) is 9.53. The van der Waals surface area contributed by atoms with Crippen molar-refractivity contribution < 1.29 is 13.2 Å². The van der Waals surface area contributed by atoms with Gasteiger partial charge in [-0.25, -0.2) is 9.71 Å². The molecule has 2 heterocycles. The average Bonchev–Trinajstić information content (AvgIpc) is 2.80. The maximum atomic E-state index is 12.0. The molecule has 1 aliphatic heterocycles. The van der Waals surface area contributed by atoms with E-state index in [2.05, 4.69) is 23.6 Å². The number of nitrogens with zero attached hydrogens (tertiary/aromatic N) is 2. The first-order valence-corrected chi connectivity index (χ1v) is 9.06. The summed E-state index contributed by atoms with van der Waals surface area (Å²) >= 11 is 1.65. The molecule has 0 amide bonds. The molecule has 0 saturated carbocycles. The molecular weight excluding hydrogens is 298 g/mol. The summed E-state index contributed by atoms with van der Waals surface area (Å²) in [6, 6.07) is 0. The second-order valence-electron chi connectivity index (χ2n) is 4.62. The number of morpholine rings is 1. The first-order valence-electron chi connectivity index (χ1n) is 6.80. The van der Waals surface area contributed by atoms with E-state index in [1.165, 1.54) is 9.18 Å². The van der Waals surface area contributed by atoms with Gasteiger partial charge in [-0.3, -0.25) is 0 Å². The van der Waals surface area contributed by atoms with Crippen molar-refractivity contribution in [3.8, 4) is 0 Å². The van der Waals surface area contributed by atoms with Crippen LogP contribution in [0.5, 0.6) is 0 Å². The van der Waals surface area contributed by atoms with E-state index in [9.17, 15) is 8.42 Å². The van der Waals surface area contributed by atoms with Gasteiger partial charge in [0.05, 0.1) is 23.9 Å². The molecule has 114 valence electrons. The number of ether oxygens (including phenoxy) is 1. The normalized spacial score (nSPS) is 17.5. The molecule has 0 aliphatic carbocycles.